The first-order valence-electron chi connectivity index (χ1n) is 6.57. The van der Waals surface area contributed by atoms with Gasteiger partial charge >= 0.3 is 0 Å². The van der Waals surface area contributed by atoms with E-state index in [0.717, 1.165) is 13.1 Å². The van der Waals surface area contributed by atoms with E-state index in [1.165, 1.54) is 0 Å². The number of anilines is 2. The molecule has 0 saturated carbocycles. The van der Waals surface area contributed by atoms with Crippen LogP contribution >= 0.6 is 11.6 Å². The first-order valence-corrected chi connectivity index (χ1v) is 6.95. The van der Waals surface area contributed by atoms with Crippen molar-refractivity contribution < 1.29 is 9.53 Å². The fraction of sp³-hybridized carbons (Fsp3) is 0.500. The smallest absolute Gasteiger partial charge is 0.238 e. The lowest BCUT2D eigenvalue weighted by Gasteiger charge is -2.37. The molecule has 1 fully saturated rings. The van der Waals surface area contributed by atoms with Crippen molar-refractivity contribution in [2.75, 3.05) is 37.3 Å². The van der Waals surface area contributed by atoms with Crippen LogP contribution in [0.3, 0.4) is 0 Å². The van der Waals surface area contributed by atoms with Crippen LogP contribution < -0.4 is 11.1 Å². The van der Waals surface area contributed by atoms with Crippen LogP contribution in [0.4, 0.5) is 11.4 Å². The SMILES string of the molecule is CC1(C)CN(CC(=O)Nc2cc(Cl)ccc2N)CCO1. The molecule has 1 aromatic carbocycles. The molecule has 0 bridgehead atoms. The number of nitrogens with one attached hydrogen (secondary N) is 1. The molecule has 1 amide bonds. The summed E-state index contributed by atoms with van der Waals surface area (Å²) in [4.78, 5) is 14.1. The number of ether oxygens (including phenoxy) is 1. The molecular weight excluding hydrogens is 278 g/mol. The number of benzene rings is 1. The highest BCUT2D eigenvalue weighted by molar-refractivity contribution is 6.31. The van der Waals surface area contributed by atoms with E-state index in [1.54, 1.807) is 18.2 Å². The van der Waals surface area contributed by atoms with Gasteiger partial charge in [0.05, 0.1) is 30.1 Å². The highest BCUT2D eigenvalue weighted by atomic mass is 35.5. The summed E-state index contributed by atoms with van der Waals surface area (Å²) in [5.74, 6) is -0.100. The molecule has 20 heavy (non-hydrogen) atoms. The van der Waals surface area contributed by atoms with Gasteiger partial charge in [-0.15, -0.1) is 0 Å². The molecule has 5 nitrogen and oxygen atoms in total. The minimum atomic E-state index is -0.215. The zero-order valence-electron chi connectivity index (χ0n) is 11.8. The standard InChI is InChI=1S/C14H20ClN3O2/c1-14(2)9-18(5-6-20-14)8-13(19)17-12-7-10(15)3-4-11(12)16/h3-4,7H,5-6,8-9,16H2,1-2H3,(H,17,19). The molecule has 0 aromatic heterocycles. The molecule has 110 valence electrons. The average Bonchev–Trinajstić information content (AvgIpc) is 2.32. The predicted octanol–water partition coefficient (Wildman–Crippen LogP) is 1.97. The number of hydrogen-bond donors (Lipinski definition) is 2. The molecule has 0 radical (unpaired) electrons. The fourth-order valence-electron chi connectivity index (χ4n) is 2.28. The summed E-state index contributed by atoms with van der Waals surface area (Å²) in [6.45, 7) is 6.48. The van der Waals surface area contributed by atoms with Crippen molar-refractivity contribution in [3.63, 3.8) is 0 Å². The average molecular weight is 298 g/mol. The summed E-state index contributed by atoms with van der Waals surface area (Å²) in [7, 11) is 0. The maximum atomic E-state index is 12.1. The molecule has 1 aliphatic rings. The summed E-state index contributed by atoms with van der Waals surface area (Å²) in [6.07, 6.45) is 0. The van der Waals surface area contributed by atoms with Gasteiger partial charge < -0.3 is 15.8 Å². The summed E-state index contributed by atoms with van der Waals surface area (Å²) >= 11 is 5.90. The van der Waals surface area contributed by atoms with Crippen molar-refractivity contribution in [2.45, 2.75) is 19.4 Å². The number of nitrogens with two attached hydrogens (primary N) is 1. The van der Waals surface area contributed by atoms with E-state index in [4.69, 9.17) is 22.1 Å². The Hall–Kier alpha value is -1.30. The summed E-state index contributed by atoms with van der Waals surface area (Å²) in [5, 5.41) is 3.34. The van der Waals surface area contributed by atoms with E-state index in [1.807, 2.05) is 13.8 Å². The van der Waals surface area contributed by atoms with Crippen molar-refractivity contribution in [2.24, 2.45) is 0 Å². The maximum Gasteiger partial charge on any atom is 0.238 e. The lowest BCUT2D eigenvalue weighted by Crippen LogP contribution is -2.50. The number of rotatable bonds is 3. The minimum absolute atomic E-state index is 0.100. The molecule has 0 atom stereocenters. The number of nitrogens with zero attached hydrogens (tertiary/aromatic N) is 1. The van der Waals surface area contributed by atoms with Crippen molar-refractivity contribution in [3.8, 4) is 0 Å². The summed E-state index contributed by atoms with van der Waals surface area (Å²) in [5.41, 5.74) is 6.65. The van der Waals surface area contributed by atoms with Gasteiger partial charge in [-0.25, -0.2) is 0 Å². The van der Waals surface area contributed by atoms with Gasteiger partial charge in [0.1, 0.15) is 0 Å². The quantitative estimate of drug-likeness (QED) is 0.837. The number of carbonyl (C=O) groups excluding carboxylic acids is 1. The lowest BCUT2D eigenvalue weighted by atomic mass is 10.1. The Balaban J connectivity index is 1.94. The molecule has 3 N–H and O–H groups in total. The van der Waals surface area contributed by atoms with Gasteiger partial charge in [-0.2, -0.15) is 0 Å². The van der Waals surface area contributed by atoms with Crippen LogP contribution in [0.15, 0.2) is 18.2 Å². The fourth-order valence-corrected chi connectivity index (χ4v) is 2.45. The van der Waals surface area contributed by atoms with Crippen molar-refractivity contribution in [1.29, 1.82) is 0 Å². The Morgan fingerprint density at radius 3 is 3.00 bits per heavy atom. The van der Waals surface area contributed by atoms with E-state index in [2.05, 4.69) is 10.2 Å². The third-order valence-electron chi connectivity index (χ3n) is 3.16. The molecular formula is C14H20ClN3O2. The zero-order valence-corrected chi connectivity index (χ0v) is 12.5. The molecule has 0 unspecified atom stereocenters. The van der Waals surface area contributed by atoms with Gasteiger partial charge in [0.15, 0.2) is 0 Å². The number of hydrogen-bond acceptors (Lipinski definition) is 4. The van der Waals surface area contributed by atoms with Gasteiger partial charge in [0.25, 0.3) is 0 Å². The summed E-state index contributed by atoms with van der Waals surface area (Å²) < 4.78 is 5.62. The van der Waals surface area contributed by atoms with Crippen molar-refractivity contribution >= 4 is 28.9 Å². The van der Waals surface area contributed by atoms with Crippen molar-refractivity contribution in [3.05, 3.63) is 23.2 Å². The third-order valence-corrected chi connectivity index (χ3v) is 3.40. The number of nitrogen functional groups attached to an aromatic ring is 1. The van der Waals surface area contributed by atoms with Crippen LogP contribution in [0, 0.1) is 0 Å². The van der Waals surface area contributed by atoms with Crippen molar-refractivity contribution in [1.82, 2.24) is 4.90 Å². The second-order valence-electron chi connectivity index (χ2n) is 5.60. The van der Waals surface area contributed by atoms with Gasteiger partial charge in [0.2, 0.25) is 5.91 Å². The highest BCUT2D eigenvalue weighted by Crippen LogP contribution is 2.23. The highest BCUT2D eigenvalue weighted by Gasteiger charge is 2.28. The number of amides is 1. The first kappa shape index (κ1) is 15.1. The van der Waals surface area contributed by atoms with Gasteiger partial charge in [-0.1, -0.05) is 11.6 Å². The van der Waals surface area contributed by atoms with E-state index in [-0.39, 0.29) is 11.5 Å². The molecule has 2 rings (SSSR count). The topological polar surface area (TPSA) is 67.6 Å². The van der Waals surface area contributed by atoms with Gasteiger partial charge in [-0.05, 0) is 32.0 Å². The molecule has 1 saturated heterocycles. The lowest BCUT2D eigenvalue weighted by molar-refractivity contribution is -0.122. The van der Waals surface area contributed by atoms with Crippen LogP contribution in [0.5, 0.6) is 0 Å². The van der Waals surface area contributed by atoms with E-state index in [0.29, 0.717) is 29.5 Å². The van der Waals surface area contributed by atoms with E-state index >= 15 is 0 Å². The van der Waals surface area contributed by atoms with E-state index in [9.17, 15) is 4.79 Å². The Kier molecular flexibility index (Phi) is 4.52. The number of carbonyl (C=O) groups is 1. The number of morpholine rings is 1. The number of halogens is 1. The second-order valence-corrected chi connectivity index (χ2v) is 6.03. The third kappa shape index (κ3) is 4.10. The molecule has 1 heterocycles. The van der Waals surface area contributed by atoms with Gasteiger partial charge in [-0.3, -0.25) is 9.69 Å². The first-order chi connectivity index (χ1) is 9.35. The largest absolute Gasteiger partial charge is 0.397 e. The molecule has 1 aliphatic heterocycles. The Morgan fingerprint density at radius 2 is 2.30 bits per heavy atom. The normalized spacial score (nSPS) is 18.8. The zero-order chi connectivity index (χ0) is 14.8. The minimum Gasteiger partial charge on any atom is -0.397 e. The Labute approximate surface area is 124 Å². The van der Waals surface area contributed by atoms with Gasteiger partial charge in [0, 0.05) is 18.1 Å². The Morgan fingerprint density at radius 1 is 1.55 bits per heavy atom. The molecule has 1 aromatic rings. The van der Waals surface area contributed by atoms with Crippen LogP contribution in [-0.4, -0.2) is 42.6 Å². The molecule has 6 heteroatoms. The summed E-state index contributed by atoms with van der Waals surface area (Å²) in [6, 6.07) is 5.02. The maximum absolute atomic E-state index is 12.1. The van der Waals surface area contributed by atoms with Crippen LogP contribution in [0.2, 0.25) is 5.02 Å². The predicted molar refractivity (Wildman–Crippen MR) is 81.0 cm³/mol. The van der Waals surface area contributed by atoms with Crippen LogP contribution in [-0.2, 0) is 9.53 Å². The monoisotopic (exact) mass is 297 g/mol. The van der Waals surface area contributed by atoms with Crippen LogP contribution in [0.1, 0.15) is 13.8 Å². The molecule has 0 aliphatic carbocycles. The van der Waals surface area contributed by atoms with Crippen LogP contribution in [0.25, 0.3) is 0 Å². The molecule has 0 spiro atoms. The Bertz CT molecular complexity index is 505. The van der Waals surface area contributed by atoms with E-state index < -0.39 is 0 Å². The second kappa shape index (κ2) is 5.99.